The van der Waals surface area contributed by atoms with Crippen molar-refractivity contribution in [2.45, 2.75) is 12.6 Å². The number of halogens is 1. The lowest BCUT2D eigenvalue weighted by Gasteiger charge is -2.22. The smallest absolute Gasteiger partial charge is 0.299 e. The van der Waals surface area contributed by atoms with Crippen LogP contribution in [0.5, 0.6) is 0 Å². The lowest BCUT2D eigenvalue weighted by molar-refractivity contribution is 0.0942. The third-order valence-corrected chi connectivity index (χ3v) is 5.86. The van der Waals surface area contributed by atoms with Gasteiger partial charge in [-0.3, -0.25) is 4.79 Å². The van der Waals surface area contributed by atoms with E-state index in [0.29, 0.717) is 18.1 Å². The maximum absolute atomic E-state index is 12.8. The molecule has 1 atom stereocenters. The first-order valence-electron chi connectivity index (χ1n) is 8.16. The second-order valence-corrected chi connectivity index (χ2v) is 8.33. The van der Waals surface area contributed by atoms with Gasteiger partial charge >= 0.3 is 0 Å². The maximum Gasteiger partial charge on any atom is 0.299 e. The van der Waals surface area contributed by atoms with Crippen LogP contribution < -0.4 is 16.0 Å². The zero-order chi connectivity index (χ0) is 17.9. The van der Waals surface area contributed by atoms with Crippen molar-refractivity contribution in [2.75, 3.05) is 25.0 Å². The molecule has 1 saturated heterocycles. The summed E-state index contributed by atoms with van der Waals surface area (Å²) in [5, 5.41) is 16.3. The van der Waals surface area contributed by atoms with E-state index in [9.17, 15) is 4.79 Å². The summed E-state index contributed by atoms with van der Waals surface area (Å²) >= 11 is 8.89. The minimum atomic E-state index is -0.243. The van der Waals surface area contributed by atoms with Gasteiger partial charge in [0.05, 0.1) is 28.1 Å². The zero-order valence-corrected chi connectivity index (χ0v) is 16.1. The highest BCUT2D eigenvalue weighted by atomic mass is 35.5. The quantitative estimate of drug-likeness (QED) is 0.601. The van der Waals surface area contributed by atoms with Crippen LogP contribution in [0, 0.1) is 0 Å². The van der Waals surface area contributed by atoms with Gasteiger partial charge in [-0.2, -0.15) is 9.78 Å². The third-order valence-electron chi connectivity index (χ3n) is 4.04. The van der Waals surface area contributed by atoms with Crippen LogP contribution in [-0.4, -0.2) is 40.3 Å². The van der Waals surface area contributed by atoms with Gasteiger partial charge in [-0.1, -0.05) is 11.6 Å². The molecule has 7 nitrogen and oxygen atoms in total. The molecule has 0 amide bonds. The number of anilines is 1. The van der Waals surface area contributed by atoms with Crippen LogP contribution in [0.2, 0.25) is 4.34 Å². The summed E-state index contributed by atoms with van der Waals surface area (Å²) in [6.45, 7) is 3.15. The van der Waals surface area contributed by atoms with Crippen LogP contribution in [0.4, 0.5) is 5.82 Å². The molecule has 4 heterocycles. The van der Waals surface area contributed by atoms with E-state index in [4.69, 9.17) is 11.6 Å². The Kier molecular flexibility index (Phi) is 5.32. The van der Waals surface area contributed by atoms with E-state index in [2.05, 4.69) is 26.0 Å². The van der Waals surface area contributed by atoms with E-state index >= 15 is 0 Å². The van der Waals surface area contributed by atoms with Gasteiger partial charge in [-0.05, 0) is 12.1 Å². The fourth-order valence-corrected chi connectivity index (χ4v) is 4.32. The highest BCUT2D eigenvalue weighted by molar-refractivity contribution is 7.16. The van der Waals surface area contributed by atoms with Gasteiger partial charge in [0.25, 0.3) is 5.91 Å². The summed E-state index contributed by atoms with van der Waals surface area (Å²) in [6, 6.07) is 5.83. The van der Waals surface area contributed by atoms with E-state index in [1.165, 1.54) is 27.4 Å². The number of aromatic nitrogens is 3. The topological polar surface area (TPSA) is 83.9 Å². The van der Waals surface area contributed by atoms with E-state index in [1.807, 2.05) is 18.2 Å². The summed E-state index contributed by atoms with van der Waals surface area (Å²) in [6.07, 6.45) is 0. The second kappa shape index (κ2) is 7.85. The first kappa shape index (κ1) is 17.6. The Bertz CT molecular complexity index is 885. The molecule has 0 spiro atoms. The number of nitrogens with zero attached hydrogens (tertiary/aromatic N) is 3. The summed E-state index contributed by atoms with van der Waals surface area (Å²) in [5.74, 6) is 0.405. The van der Waals surface area contributed by atoms with Crippen molar-refractivity contribution in [2.24, 2.45) is 0 Å². The van der Waals surface area contributed by atoms with Crippen molar-refractivity contribution in [1.29, 1.82) is 0 Å². The van der Waals surface area contributed by atoms with Crippen molar-refractivity contribution in [3.63, 3.8) is 0 Å². The predicted molar refractivity (Wildman–Crippen MR) is 104 cm³/mol. The molecule has 3 aromatic rings. The van der Waals surface area contributed by atoms with Crippen LogP contribution in [0.3, 0.4) is 0 Å². The molecule has 0 aromatic carbocycles. The van der Waals surface area contributed by atoms with Crippen LogP contribution in [0.25, 0.3) is 0 Å². The summed E-state index contributed by atoms with van der Waals surface area (Å²) in [5.41, 5.74) is 2.86. The molecule has 1 aliphatic rings. The SMILES string of the molecule is O=C(c1cscn1)n1nc(C2CNCCN2)cc1NCc1ccc(Cl)s1. The van der Waals surface area contributed by atoms with Gasteiger partial charge in [-0.25, -0.2) is 4.98 Å². The summed E-state index contributed by atoms with van der Waals surface area (Å²) in [7, 11) is 0. The standard InChI is InChI=1S/C16H17ClN6OS2/c17-14-2-1-10(26-14)6-20-15-5-11(12-7-18-3-4-19-12)22-23(15)16(24)13-8-25-9-21-13/h1-2,5,8-9,12,18-20H,3-4,6-7H2. The van der Waals surface area contributed by atoms with Crippen LogP contribution >= 0.6 is 34.3 Å². The Balaban J connectivity index is 1.60. The fraction of sp³-hybridized carbons (Fsp3) is 0.312. The lowest BCUT2D eigenvalue weighted by Crippen LogP contribution is -2.42. The van der Waals surface area contributed by atoms with Crippen molar-refractivity contribution >= 4 is 46.0 Å². The number of nitrogens with one attached hydrogen (secondary N) is 3. The Labute approximate surface area is 163 Å². The minimum absolute atomic E-state index is 0.0740. The Hall–Kier alpha value is -1.78. The lowest BCUT2D eigenvalue weighted by atomic mass is 10.2. The number of hydrogen-bond donors (Lipinski definition) is 3. The number of carbonyl (C=O) groups excluding carboxylic acids is 1. The van der Waals surface area contributed by atoms with E-state index < -0.39 is 0 Å². The molecule has 3 aromatic heterocycles. The van der Waals surface area contributed by atoms with Gasteiger partial charge in [0.2, 0.25) is 0 Å². The molecule has 136 valence electrons. The van der Waals surface area contributed by atoms with E-state index in [1.54, 1.807) is 10.9 Å². The molecule has 1 aliphatic heterocycles. The van der Waals surface area contributed by atoms with Crippen molar-refractivity contribution in [1.82, 2.24) is 25.4 Å². The molecule has 1 fully saturated rings. The largest absolute Gasteiger partial charge is 0.365 e. The molecule has 0 bridgehead atoms. The highest BCUT2D eigenvalue weighted by Gasteiger charge is 2.23. The zero-order valence-electron chi connectivity index (χ0n) is 13.7. The molecule has 3 N–H and O–H groups in total. The van der Waals surface area contributed by atoms with Crippen molar-refractivity contribution < 1.29 is 4.79 Å². The number of thiazole rings is 1. The van der Waals surface area contributed by atoms with Gasteiger partial charge in [0, 0.05) is 36.0 Å². The molecule has 0 aliphatic carbocycles. The minimum Gasteiger partial charge on any atom is -0.365 e. The maximum atomic E-state index is 12.8. The number of piperazine rings is 1. The Morgan fingerprint density at radius 1 is 1.42 bits per heavy atom. The second-order valence-electron chi connectivity index (χ2n) is 5.82. The van der Waals surface area contributed by atoms with E-state index in [0.717, 1.165) is 34.5 Å². The molecule has 0 radical (unpaired) electrons. The van der Waals surface area contributed by atoms with Crippen LogP contribution in [0.15, 0.2) is 29.1 Å². The first-order chi connectivity index (χ1) is 12.7. The number of hydrogen-bond acceptors (Lipinski definition) is 8. The molecular formula is C16H17ClN6OS2. The summed E-state index contributed by atoms with van der Waals surface area (Å²) < 4.78 is 2.14. The van der Waals surface area contributed by atoms with Gasteiger partial charge < -0.3 is 16.0 Å². The van der Waals surface area contributed by atoms with Gasteiger partial charge in [0.15, 0.2) is 0 Å². The highest BCUT2D eigenvalue weighted by Crippen LogP contribution is 2.24. The average Bonchev–Trinajstić information content (AvgIpc) is 3.41. The normalized spacial score (nSPS) is 17.3. The fourth-order valence-electron chi connectivity index (χ4n) is 2.76. The number of rotatable bonds is 5. The van der Waals surface area contributed by atoms with Crippen molar-refractivity contribution in [3.8, 4) is 0 Å². The third kappa shape index (κ3) is 3.81. The molecule has 26 heavy (non-hydrogen) atoms. The number of thiophene rings is 1. The summed E-state index contributed by atoms with van der Waals surface area (Å²) in [4.78, 5) is 18.0. The van der Waals surface area contributed by atoms with Gasteiger partial charge in [-0.15, -0.1) is 22.7 Å². The predicted octanol–water partition coefficient (Wildman–Crippen LogP) is 2.59. The monoisotopic (exact) mass is 408 g/mol. The van der Waals surface area contributed by atoms with Crippen LogP contribution in [-0.2, 0) is 6.54 Å². The van der Waals surface area contributed by atoms with Crippen molar-refractivity contribution in [3.05, 3.63) is 49.7 Å². The molecule has 4 rings (SSSR count). The van der Waals surface area contributed by atoms with Gasteiger partial charge in [0.1, 0.15) is 11.5 Å². The number of carbonyl (C=O) groups is 1. The Morgan fingerprint density at radius 3 is 3.04 bits per heavy atom. The molecule has 1 unspecified atom stereocenters. The molecule has 0 saturated carbocycles. The Morgan fingerprint density at radius 2 is 2.35 bits per heavy atom. The van der Waals surface area contributed by atoms with E-state index in [-0.39, 0.29) is 11.9 Å². The molecular weight excluding hydrogens is 392 g/mol. The average molecular weight is 409 g/mol. The van der Waals surface area contributed by atoms with Crippen LogP contribution in [0.1, 0.15) is 27.1 Å². The first-order valence-corrected chi connectivity index (χ1v) is 10.3. The molecule has 10 heteroatoms.